The fraction of sp³-hybridized carbons (Fsp3) is 0.750. The van der Waals surface area contributed by atoms with E-state index in [9.17, 15) is 0 Å². The Morgan fingerprint density at radius 3 is 2.44 bits per heavy atom. The molecule has 1 saturated carbocycles. The first-order chi connectivity index (χ1) is 4.43. The molecule has 0 aliphatic heterocycles. The summed E-state index contributed by atoms with van der Waals surface area (Å²) < 4.78 is 0. The van der Waals surface area contributed by atoms with Crippen molar-refractivity contribution in [2.45, 2.75) is 37.6 Å². The molecule has 0 bridgehead atoms. The van der Waals surface area contributed by atoms with Crippen LogP contribution < -0.4 is 0 Å². The van der Waals surface area contributed by atoms with Crippen molar-refractivity contribution < 1.29 is 0 Å². The minimum absolute atomic E-state index is 0.0963. The van der Waals surface area contributed by atoms with Crippen LogP contribution in [0.4, 0.5) is 0 Å². The van der Waals surface area contributed by atoms with Gasteiger partial charge in [0, 0.05) is 0 Å². The van der Waals surface area contributed by atoms with Crippen molar-refractivity contribution in [2.24, 2.45) is 0 Å². The van der Waals surface area contributed by atoms with Crippen LogP contribution in [0.3, 0.4) is 0 Å². The predicted molar refractivity (Wildman–Crippen MR) is 44.2 cm³/mol. The fourth-order valence-corrected chi connectivity index (χ4v) is 2.88. The summed E-state index contributed by atoms with van der Waals surface area (Å²) >= 11 is 0. The first-order valence-electron chi connectivity index (χ1n) is 3.87. The lowest BCUT2D eigenvalue weighted by Crippen LogP contribution is -2.06. The quantitative estimate of drug-likeness (QED) is 0.380. The Morgan fingerprint density at radius 2 is 1.89 bits per heavy atom. The van der Waals surface area contributed by atoms with E-state index in [2.05, 4.69) is 5.54 Å². The van der Waals surface area contributed by atoms with E-state index >= 15 is 0 Å². The summed E-state index contributed by atoms with van der Waals surface area (Å²) in [4.78, 5) is 0. The fourth-order valence-electron chi connectivity index (χ4n) is 1.56. The van der Waals surface area contributed by atoms with E-state index in [1.807, 2.05) is 0 Å². The second kappa shape index (κ2) is 3.74. The molecule has 0 saturated heterocycles. The molecule has 0 spiro atoms. The van der Waals surface area contributed by atoms with E-state index < -0.39 is 0 Å². The molecule has 1 heteroatoms. The molecule has 0 radical (unpaired) electrons. The summed E-state index contributed by atoms with van der Waals surface area (Å²) in [7, 11) is -0.0963. The van der Waals surface area contributed by atoms with Crippen molar-refractivity contribution in [1.82, 2.24) is 0 Å². The molecule has 1 fully saturated rings. The van der Waals surface area contributed by atoms with E-state index in [1.165, 1.54) is 32.1 Å². The molecule has 0 aromatic carbocycles. The predicted octanol–water partition coefficient (Wildman–Crippen LogP) is 1.50. The van der Waals surface area contributed by atoms with Crippen LogP contribution in [0.15, 0.2) is 0 Å². The van der Waals surface area contributed by atoms with Crippen molar-refractivity contribution in [3.8, 4) is 12.0 Å². The molecule has 0 aromatic rings. The van der Waals surface area contributed by atoms with E-state index in [-0.39, 0.29) is 9.52 Å². The zero-order valence-corrected chi connectivity index (χ0v) is 7.31. The van der Waals surface area contributed by atoms with Gasteiger partial charge in [0.2, 0.25) is 0 Å². The van der Waals surface area contributed by atoms with Gasteiger partial charge in [-0.1, -0.05) is 32.1 Å². The SMILES string of the molecule is C#C[SiH2]C1CCCCC1. The average Bonchev–Trinajstić information content (AvgIpc) is 1.91. The Bertz CT molecular complexity index is 106. The van der Waals surface area contributed by atoms with Gasteiger partial charge < -0.3 is 0 Å². The van der Waals surface area contributed by atoms with Crippen molar-refractivity contribution in [2.75, 3.05) is 0 Å². The summed E-state index contributed by atoms with van der Waals surface area (Å²) in [5.41, 5.74) is 3.88. The molecule has 0 N–H and O–H groups in total. The van der Waals surface area contributed by atoms with Gasteiger partial charge in [-0.25, -0.2) is 0 Å². The molecule has 9 heavy (non-hydrogen) atoms. The third-order valence-corrected chi connectivity index (χ3v) is 3.76. The van der Waals surface area contributed by atoms with Crippen LogP contribution in [0.2, 0.25) is 5.54 Å². The molecule has 0 unspecified atom stereocenters. The summed E-state index contributed by atoms with van der Waals surface area (Å²) in [6, 6.07) is 0. The zero-order valence-electron chi connectivity index (χ0n) is 5.90. The monoisotopic (exact) mass is 138 g/mol. The Kier molecular flexibility index (Phi) is 2.86. The molecule has 1 rings (SSSR count). The highest BCUT2D eigenvalue weighted by molar-refractivity contribution is 6.47. The van der Waals surface area contributed by atoms with Crippen molar-refractivity contribution in [1.29, 1.82) is 0 Å². The zero-order chi connectivity index (χ0) is 6.53. The third-order valence-electron chi connectivity index (χ3n) is 2.13. The summed E-state index contributed by atoms with van der Waals surface area (Å²) in [6.45, 7) is 0. The highest BCUT2D eigenvalue weighted by Crippen LogP contribution is 2.26. The number of rotatable bonds is 1. The maximum absolute atomic E-state index is 5.27. The van der Waals surface area contributed by atoms with Gasteiger partial charge in [-0.05, 0) is 5.54 Å². The van der Waals surface area contributed by atoms with Gasteiger partial charge in [-0.2, -0.15) is 0 Å². The maximum atomic E-state index is 5.27. The van der Waals surface area contributed by atoms with Crippen molar-refractivity contribution in [3.63, 3.8) is 0 Å². The highest BCUT2D eigenvalue weighted by Gasteiger charge is 2.11. The van der Waals surface area contributed by atoms with Gasteiger partial charge in [0.25, 0.3) is 0 Å². The topological polar surface area (TPSA) is 0 Å². The molecule has 0 heterocycles. The smallest absolute Gasteiger partial charge is 0.109 e. The molecular weight excluding hydrogens is 124 g/mol. The molecule has 0 amide bonds. The van der Waals surface area contributed by atoms with Gasteiger partial charge in [-0.3, -0.25) is 0 Å². The van der Waals surface area contributed by atoms with Crippen molar-refractivity contribution >= 4 is 9.52 Å². The largest absolute Gasteiger partial charge is 0.143 e. The molecule has 50 valence electrons. The Labute approximate surface area is 59.9 Å². The van der Waals surface area contributed by atoms with Gasteiger partial charge in [0.05, 0.1) is 0 Å². The first kappa shape index (κ1) is 6.89. The molecule has 0 aromatic heterocycles. The van der Waals surface area contributed by atoms with Crippen LogP contribution >= 0.6 is 0 Å². The minimum Gasteiger partial charge on any atom is -0.143 e. The Hall–Kier alpha value is -0.223. The van der Waals surface area contributed by atoms with E-state index in [1.54, 1.807) is 0 Å². The Balaban J connectivity index is 2.17. The van der Waals surface area contributed by atoms with Crippen LogP contribution in [-0.2, 0) is 0 Å². The lowest BCUT2D eigenvalue weighted by Gasteiger charge is -2.18. The molecule has 1 aliphatic rings. The van der Waals surface area contributed by atoms with Crippen LogP contribution in [0.25, 0.3) is 0 Å². The maximum Gasteiger partial charge on any atom is 0.109 e. The first-order valence-corrected chi connectivity index (χ1v) is 5.39. The summed E-state index contributed by atoms with van der Waals surface area (Å²) in [6.07, 6.45) is 12.5. The third kappa shape index (κ3) is 2.23. The summed E-state index contributed by atoms with van der Waals surface area (Å²) in [5, 5.41) is 0. The van der Waals surface area contributed by atoms with E-state index in [0.717, 1.165) is 5.54 Å². The standard InChI is InChI=1S/C8H14Si/c1-2-9-8-6-4-3-5-7-8/h1,8H,3-7,9H2. The highest BCUT2D eigenvalue weighted by atomic mass is 28.2. The van der Waals surface area contributed by atoms with Gasteiger partial charge in [-0.15, -0.1) is 12.0 Å². The molecular formula is C8H14Si. The van der Waals surface area contributed by atoms with Crippen LogP contribution in [0.5, 0.6) is 0 Å². The minimum atomic E-state index is -0.0963. The molecule has 0 nitrogen and oxygen atoms in total. The van der Waals surface area contributed by atoms with Gasteiger partial charge in [0.1, 0.15) is 9.52 Å². The second-order valence-corrected chi connectivity index (χ2v) is 4.88. The molecule has 1 aliphatic carbocycles. The molecule has 0 atom stereocenters. The van der Waals surface area contributed by atoms with Crippen LogP contribution in [0.1, 0.15) is 32.1 Å². The van der Waals surface area contributed by atoms with Crippen LogP contribution in [-0.4, -0.2) is 9.52 Å². The number of hydrogen-bond donors (Lipinski definition) is 0. The lowest BCUT2D eigenvalue weighted by molar-refractivity contribution is 0.502. The Morgan fingerprint density at radius 1 is 1.22 bits per heavy atom. The van der Waals surface area contributed by atoms with Gasteiger partial charge in [0.15, 0.2) is 0 Å². The number of hydrogen-bond acceptors (Lipinski definition) is 0. The lowest BCUT2D eigenvalue weighted by atomic mass is 10.0. The van der Waals surface area contributed by atoms with Crippen molar-refractivity contribution in [3.05, 3.63) is 0 Å². The summed E-state index contributed by atoms with van der Waals surface area (Å²) in [5.74, 6) is 0. The van der Waals surface area contributed by atoms with Crippen LogP contribution in [0, 0.1) is 12.0 Å². The average molecular weight is 138 g/mol. The van der Waals surface area contributed by atoms with E-state index in [4.69, 9.17) is 6.42 Å². The van der Waals surface area contributed by atoms with Gasteiger partial charge >= 0.3 is 0 Å². The number of terminal acetylenes is 1. The van der Waals surface area contributed by atoms with E-state index in [0.29, 0.717) is 0 Å². The normalized spacial score (nSPS) is 22.6. The second-order valence-electron chi connectivity index (χ2n) is 2.91.